The van der Waals surface area contributed by atoms with Gasteiger partial charge in [0.05, 0.1) is 12.3 Å². The summed E-state index contributed by atoms with van der Waals surface area (Å²) in [6, 6.07) is 11.7. The molecule has 1 saturated heterocycles. The van der Waals surface area contributed by atoms with Crippen LogP contribution in [0.25, 0.3) is 0 Å². The summed E-state index contributed by atoms with van der Waals surface area (Å²) in [6.45, 7) is 1.64. The van der Waals surface area contributed by atoms with Crippen molar-refractivity contribution in [1.29, 1.82) is 0 Å². The Morgan fingerprint density at radius 3 is 2.74 bits per heavy atom. The Balaban J connectivity index is 1.47. The first-order valence-corrected chi connectivity index (χ1v) is 9.31. The number of rotatable bonds is 6. The van der Waals surface area contributed by atoms with Crippen molar-refractivity contribution < 1.29 is 14.0 Å². The summed E-state index contributed by atoms with van der Waals surface area (Å²) in [5, 5.41) is 2.96. The first-order chi connectivity index (χ1) is 13.1. The molecule has 0 bridgehead atoms. The van der Waals surface area contributed by atoms with Crippen molar-refractivity contribution in [2.45, 2.75) is 25.7 Å². The lowest BCUT2D eigenvalue weighted by Crippen LogP contribution is -2.46. The number of hydrogen-bond donors (Lipinski definition) is 1. The van der Waals surface area contributed by atoms with Crippen LogP contribution >= 0.6 is 0 Å². The monoisotopic (exact) mass is 369 g/mol. The minimum atomic E-state index is -0.313. The van der Waals surface area contributed by atoms with E-state index in [9.17, 15) is 14.0 Å². The number of pyridine rings is 1. The number of carbonyl (C=O) groups is 2. The van der Waals surface area contributed by atoms with Crippen LogP contribution in [0.4, 0.5) is 4.39 Å². The molecule has 1 N–H and O–H groups in total. The fourth-order valence-corrected chi connectivity index (χ4v) is 3.31. The van der Waals surface area contributed by atoms with E-state index in [4.69, 9.17) is 0 Å². The van der Waals surface area contributed by atoms with Gasteiger partial charge in [-0.15, -0.1) is 0 Å². The molecule has 0 aliphatic carbocycles. The smallest absolute Gasteiger partial charge is 0.227 e. The second kappa shape index (κ2) is 9.26. The topological polar surface area (TPSA) is 62.3 Å². The van der Waals surface area contributed by atoms with E-state index < -0.39 is 0 Å². The molecule has 2 aromatic rings. The fourth-order valence-electron chi connectivity index (χ4n) is 3.31. The Labute approximate surface area is 158 Å². The molecular weight excluding hydrogens is 345 g/mol. The molecule has 2 heterocycles. The lowest BCUT2D eigenvalue weighted by molar-refractivity contribution is -0.135. The highest BCUT2D eigenvalue weighted by molar-refractivity contribution is 5.82. The lowest BCUT2D eigenvalue weighted by atomic mass is 9.96. The molecule has 142 valence electrons. The summed E-state index contributed by atoms with van der Waals surface area (Å²) in [4.78, 5) is 30.9. The molecule has 1 aromatic carbocycles. The number of nitrogens with one attached hydrogen (secondary N) is 1. The zero-order valence-corrected chi connectivity index (χ0v) is 15.2. The van der Waals surface area contributed by atoms with Gasteiger partial charge in [-0.25, -0.2) is 4.39 Å². The Hall–Kier alpha value is -2.76. The highest BCUT2D eigenvalue weighted by atomic mass is 19.1. The SMILES string of the molecule is O=C(NCCc1ccccn1)C1CCCN(C(=O)Cc2ccc(F)cc2)C1. The minimum absolute atomic E-state index is 0.00906. The maximum Gasteiger partial charge on any atom is 0.227 e. The summed E-state index contributed by atoms with van der Waals surface area (Å²) < 4.78 is 13.0. The second-order valence-electron chi connectivity index (χ2n) is 6.84. The summed E-state index contributed by atoms with van der Waals surface area (Å²) in [5.41, 5.74) is 1.72. The van der Waals surface area contributed by atoms with Crippen molar-refractivity contribution >= 4 is 11.8 Å². The van der Waals surface area contributed by atoms with E-state index >= 15 is 0 Å². The number of halogens is 1. The number of benzene rings is 1. The third-order valence-corrected chi connectivity index (χ3v) is 4.82. The highest BCUT2D eigenvalue weighted by Crippen LogP contribution is 2.18. The van der Waals surface area contributed by atoms with E-state index in [1.165, 1.54) is 12.1 Å². The first-order valence-electron chi connectivity index (χ1n) is 9.31. The third kappa shape index (κ3) is 5.61. The number of carbonyl (C=O) groups excluding carboxylic acids is 2. The van der Waals surface area contributed by atoms with Gasteiger partial charge < -0.3 is 10.2 Å². The Bertz CT molecular complexity index is 765. The summed E-state index contributed by atoms with van der Waals surface area (Å²) in [7, 11) is 0. The zero-order valence-electron chi connectivity index (χ0n) is 15.2. The van der Waals surface area contributed by atoms with Gasteiger partial charge in [0.15, 0.2) is 0 Å². The molecule has 0 saturated carbocycles. The molecule has 1 atom stereocenters. The summed E-state index contributed by atoms with van der Waals surface area (Å²) in [5.74, 6) is -0.524. The van der Waals surface area contributed by atoms with Gasteiger partial charge in [0.1, 0.15) is 5.82 Å². The molecule has 1 fully saturated rings. The molecule has 2 amide bonds. The average Bonchev–Trinajstić information content (AvgIpc) is 2.70. The quantitative estimate of drug-likeness (QED) is 0.850. The predicted octanol–water partition coefficient (Wildman–Crippen LogP) is 2.36. The molecule has 6 heteroatoms. The highest BCUT2D eigenvalue weighted by Gasteiger charge is 2.28. The van der Waals surface area contributed by atoms with Gasteiger partial charge in [-0.1, -0.05) is 18.2 Å². The first kappa shape index (κ1) is 19.0. The van der Waals surface area contributed by atoms with Gasteiger partial charge in [0, 0.05) is 37.9 Å². The predicted molar refractivity (Wildman–Crippen MR) is 100 cm³/mol. The van der Waals surface area contributed by atoms with Crippen molar-refractivity contribution in [2.75, 3.05) is 19.6 Å². The number of amides is 2. The average molecular weight is 369 g/mol. The molecule has 1 unspecified atom stereocenters. The molecule has 3 rings (SSSR count). The molecule has 27 heavy (non-hydrogen) atoms. The van der Waals surface area contributed by atoms with Crippen LogP contribution in [0.1, 0.15) is 24.1 Å². The number of piperidine rings is 1. The third-order valence-electron chi connectivity index (χ3n) is 4.82. The maximum absolute atomic E-state index is 13.0. The van der Waals surface area contributed by atoms with Crippen LogP contribution in [0.2, 0.25) is 0 Å². The van der Waals surface area contributed by atoms with Gasteiger partial charge in [0.25, 0.3) is 0 Å². The van der Waals surface area contributed by atoms with Crippen molar-refractivity contribution in [3.05, 3.63) is 65.7 Å². The van der Waals surface area contributed by atoms with Crippen molar-refractivity contribution in [2.24, 2.45) is 5.92 Å². The Morgan fingerprint density at radius 1 is 1.19 bits per heavy atom. The van der Waals surface area contributed by atoms with Crippen molar-refractivity contribution in [1.82, 2.24) is 15.2 Å². The van der Waals surface area contributed by atoms with Crippen LogP contribution in [0.3, 0.4) is 0 Å². The Kier molecular flexibility index (Phi) is 6.52. The van der Waals surface area contributed by atoms with Crippen LogP contribution in [0.15, 0.2) is 48.7 Å². The van der Waals surface area contributed by atoms with Gasteiger partial charge in [-0.05, 0) is 42.7 Å². The molecular formula is C21H24FN3O2. The fraction of sp³-hybridized carbons (Fsp3) is 0.381. The van der Waals surface area contributed by atoms with Crippen LogP contribution in [-0.4, -0.2) is 41.3 Å². The normalized spacial score (nSPS) is 16.8. The summed E-state index contributed by atoms with van der Waals surface area (Å²) >= 11 is 0. The standard InChI is InChI=1S/C21H24FN3O2/c22-18-8-6-16(7-9-18)14-20(26)25-13-3-4-17(15-25)21(27)24-12-10-19-5-1-2-11-23-19/h1-2,5-9,11,17H,3-4,10,12-15H2,(H,24,27). The molecule has 0 spiro atoms. The van der Waals surface area contributed by atoms with Gasteiger partial charge in [-0.3, -0.25) is 14.6 Å². The van der Waals surface area contributed by atoms with E-state index in [0.29, 0.717) is 26.1 Å². The summed E-state index contributed by atoms with van der Waals surface area (Å²) in [6.07, 6.45) is 4.26. The number of hydrogen-bond acceptors (Lipinski definition) is 3. The van der Waals surface area contributed by atoms with Crippen LogP contribution in [0, 0.1) is 11.7 Å². The van der Waals surface area contributed by atoms with Gasteiger partial charge >= 0.3 is 0 Å². The van der Waals surface area contributed by atoms with E-state index in [1.807, 2.05) is 18.2 Å². The van der Waals surface area contributed by atoms with E-state index in [-0.39, 0.29) is 30.0 Å². The van der Waals surface area contributed by atoms with Crippen molar-refractivity contribution in [3.63, 3.8) is 0 Å². The van der Waals surface area contributed by atoms with Gasteiger partial charge in [0.2, 0.25) is 11.8 Å². The maximum atomic E-state index is 13.0. The molecule has 1 aromatic heterocycles. The van der Waals surface area contributed by atoms with E-state index in [0.717, 1.165) is 24.1 Å². The lowest BCUT2D eigenvalue weighted by Gasteiger charge is -2.32. The molecule has 0 radical (unpaired) electrons. The molecule has 5 nitrogen and oxygen atoms in total. The Morgan fingerprint density at radius 2 is 2.00 bits per heavy atom. The number of nitrogens with zero attached hydrogens (tertiary/aromatic N) is 2. The van der Waals surface area contributed by atoms with Crippen LogP contribution in [-0.2, 0) is 22.4 Å². The number of likely N-dealkylation sites (tertiary alicyclic amines) is 1. The number of aromatic nitrogens is 1. The molecule has 1 aliphatic rings. The molecule has 1 aliphatic heterocycles. The van der Waals surface area contributed by atoms with E-state index in [1.54, 1.807) is 23.2 Å². The van der Waals surface area contributed by atoms with Gasteiger partial charge in [-0.2, -0.15) is 0 Å². The van der Waals surface area contributed by atoms with Crippen LogP contribution < -0.4 is 5.32 Å². The van der Waals surface area contributed by atoms with Crippen molar-refractivity contribution in [3.8, 4) is 0 Å². The minimum Gasteiger partial charge on any atom is -0.355 e. The second-order valence-corrected chi connectivity index (χ2v) is 6.84. The van der Waals surface area contributed by atoms with Crippen LogP contribution in [0.5, 0.6) is 0 Å². The largest absolute Gasteiger partial charge is 0.355 e. The van der Waals surface area contributed by atoms with E-state index in [2.05, 4.69) is 10.3 Å². The zero-order chi connectivity index (χ0) is 19.1.